The predicted octanol–water partition coefficient (Wildman–Crippen LogP) is 3.98. The fraction of sp³-hybridized carbons (Fsp3) is 0.348. The lowest BCUT2D eigenvalue weighted by atomic mass is 9.68. The maximum absolute atomic E-state index is 12.6. The third kappa shape index (κ3) is 3.98. The molecule has 6 nitrogen and oxygen atoms in total. The lowest BCUT2D eigenvalue weighted by Gasteiger charge is -2.40. The second-order valence-electron chi connectivity index (χ2n) is 7.82. The van der Waals surface area contributed by atoms with Crippen LogP contribution in [0.4, 0.5) is 0 Å². The van der Waals surface area contributed by atoms with Crippen LogP contribution in [0.5, 0.6) is 5.88 Å². The molecule has 1 aromatic carbocycles. The molecule has 0 atom stereocenters. The van der Waals surface area contributed by atoms with Crippen molar-refractivity contribution in [3.63, 3.8) is 0 Å². The number of benzene rings is 1. The highest BCUT2D eigenvalue weighted by Crippen LogP contribution is 2.42. The first-order valence-electron chi connectivity index (χ1n) is 10.1. The number of aromatic nitrogens is 3. The molecule has 0 bridgehead atoms. The Morgan fingerprint density at radius 1 is 1.20 bits per heavy atom. The van der Waals surface area contributed by atoms with Crippen molar-refractivity contribution < 1.29 is 4.74 Å². The molecule has 0 radical (unpaired) electrons. The van der Waals surface area contributed by atoms with Crippen LogP contribution < -0.4 is 16.0 Å². The molecule has 3 aromatic rings. The van der Waals surface area contributed by atoms with Crippen LogP contribution in [0.15, 0.2) is 59.5 Å². The summed E-state index contributed by atoms with van der Waals surface area (Å²) in [5.74, 6) is 0.540. The Bertz CT molecular complexity index is 1070. The van der Waals surface area contributed by atoms with Crippen LogP contribution in [0.2, 0.25) is 5.02 Å². The fourth-order valence-corrected chi connectivity index (χ4v) is 4.51. The molecule has 156 valence electrons. The zero-order valence-corrected chi connectivity index (χ0v) is 17.7. The molecule has 0 spiro atoms. The quantitative estimate of drug-likeness (QED) is 0.669. The Hall–Kier alpha value is -2.70. The van der Waals surface area contributed by atoms with E-state index in [1.807, 2.05) is 24.3 Å². The summed E-state index contributed by atoms with van der Waals surface area (Å²) in [4.78, 5) is 16.8. The maximum atomic E-state index is 12.6. The second-order valence-corrected chi connectivity index (χ2v) is 8.25. The van der Waals surface area contributed by atoms with E-state index in [0.717, 1.165) is 42.0 Å². The largest absolute Gasteiger partial charge is 0.481 e. The van der Waals surface area contributed by atoms with Gasteiger partial charge in [-0.05, 0) is 55.5 Å². The Balaban J connectivity index is 1.57. The summed E-state index contributed by atoms with van der Waals surface area (Å²) < 4.78 is 6.73. The minimum Gasteiger partial charge on any atom is -0.481 e. The van der Waals surface area contributed by atoms with Crippen LogP contribution in [0.3, 0.4) is 0 Å². The van der Waals surface area contributed by atoms with Gasteiger partial charge >= 0.3 is 0 Å². The van der Waals surface area contributed by atoms with Gasteiger partial charge in [0.2, 0.25) is 5.88 Å². The van der Waals surface area contributed by atoms with Crippen molar-refractivity contribution in [2.24, 2.45) is 5.73 Å². The maximum Gasteiger partial charge on any atom is 0.267 e. The molecule has 2 heterocycles. The smallest absolute Gasteiger partial charge is 0.267 e. The van der Waals surface area contributed by atoms with Crippen LogP contribution in [-0.2, 0) is 5.41 Å². The third-order valence-electron chi connectivity index (χ3n) is 6.15. The number of ether oxygens (including phenoxy) is 1. The summed E-state index contributed by atoms with van der Waals surface area (Å²) in [6.45, 7) is 0.556. The van der Waals surface area contributed by atoms with E-state index in [2.05, 4.69) is 16.1 Å². The number of rotatable bonds is 5. The highest BCUT2D eigenvalue weighted by Gasteiger charge is 2.37. The molecular formula is C23H25ClN4O2. The molecule has 0 unspecified atom stereocenters. The Morgan fingerprint density at radius 3 is 2.63 bits per heavy atom. The van der Waals surface area contributed by atoms with Crippen LogP contribution in [0, 0.1) is 0 Å². The SMILES string of the molecule is COc1ccc(-c2ccc(=O)n(C3CCC(CN)(c4cccc(Cl)c4)CC3)n2)cn1. The van der Waals surface area contributed by atoms with E-state index < -0.39 is 0 Å². The molecule has 1 aliphatic carbocycles. The predicted molar refractivity (Wildman–Crippen MR) is 118 cm³/mol. The number of hydrogen-bond acceptors (Lipinski definition) is 5. The monoisotopic (exact) mass is 424 g/mol. The average Bonchev–Trinajstić information content (AvgIpc) is 2.80. The Morgan fingerprint density at radius 2 is 2.00 bits per heavy atom. The summed E-state index contributed by atoms with van der Waals surface area (Å²) in [5, 5.41) is 5.38. The van der Waals surface area contributed by atoms with E-state index in [0.29, 0.717) is 12.4 Å². The lowest BCUT2D eigenvalue weighted by Crippen LogP contribution is -2.41. The molecule has 4 rings (SSSR count). The molecule has 1 aliphatic rings. The second kappa shape index (κ2) is 8.58. The molecule has 1 saturated carbocycles. The first-order valence-corrected chi connectivity index (χ1v) is 10.5. The van der Waals surface area contributed by atoms with Crippen LogP contribution in [-0.4, -0.2) is 28.4 Å². The molecular weight excluding hydrogens is 400 g/mol. The van der Waals surface area contributed by atoms with Gasteiger partial charge in [-0.2, -0.15) is 5.10 Å². The Kier molecular flexibility index (Phi) is 5.88. The van der Waals surface area contributed by atoms with Gasteiger partial charge in [0.05, 0.1) is 18.8 Å². The molecule has 0 amide bonds. The van der Waals surface area contributed by atoms with Crippen molar-refractivity contribution in [1.29, 1.82) is 0 Å². The van der Waals surface area contributed by atoms with Gasteiger partial charge < -0.3 is 10.5 Å². The normalized spacial score (nSPS) is 21.4. The molecule has 7 heteroatoms. The van der Waals surface area contributed by atoms with E-state index in [1.54, 1.807) is 36.2 Å². The van der Waals surface area contributed by atoms with Gasteiger partial charge in [0, 0.05) is 40.9 Å². The topological polar surface area (TPSA) is 83.0 Å². The molecule has 2 N–H and O–H groups in total. The van der Waals surface area contributed by atoms with Gasteiger partial charge in [-0.3, -0.25) is 4.79 Å². The highest BCUT2D eigenvalue weighted by molar-refractivity contribution is 6.30. The molecule has 0 aliphatic heterocycles. The minimum absolute atomic E-state index is 0.0440. The van der Waals surface area contributed by atoms with Crippen molar-refractivity contribution in [2.45, 2.75) is 37.1 Å². The van der Waals surface area contributed by atoms with Gasteiger partial charge in [-0.1, -0.05) is 23.7 Å². The standard InChI is InChI=1S/C23H25ClN4O2/c1-30-21-7-5-16(14-26-21)20-6-8-22(29)28(27-20)19-9-11-23(15-25,12-10-19)17-3-2-4-18(24)13-17/h2-8,13-14,19H,9-12,15,25H2,1H3. The summed E-state index contributed by atoms with van der Waals surface area (Å²) in [5.41, 5.74) is 8.75. The molecule has 2 aromatic heterocycles. The van der Waals surface area contributed by atoms with Crippen molar-refractivity contribution in [3.8, 4) is 17.1 Å². The van der Waals surface area contributed by atoms with E-state index in [9.17, 15) is 4.79 Å². The van der Waals surface area contributed by atoms with E-state index >= 15 is 0 Å². The van der Waals surface area contributed by atoms with Gasteiger partial charge in [0.1, 0.15) is 0 Å². The number of nitrogens with two attached hydrogens (primary N) is 1. The zero-order valence-electron chi connectivity index (χ0n) is 16.9. The van der Waals surface area contributed by atoms with Crippen molar-refractivity contribution >= 4 is 11.6 Å². The molecule has 1 fully saturated rings. The zero-order chi connectivity index (χ0) is 21.1. The summed E-state index contributed by atoms with van der Waals surface area (Å²) in [7, 11) is 1.58. The average molecular weight is 425 g/mol. The molecule has 30 heavy (non-hydrogen) atoms. The van der Waals surface area contributed by atoms with Crippen molar-refractivity contribution in [1.82, 2.24) is 14.8 Å². The van der Waals surface area contributed by atoms with Crippen molar-refractivity contribution in [3.05, 3.63) is 75.7 Å². The van der Waals surface area contributed by atoms with E-state index in [4.69, 9.17) is 22.1 Å². The summed E-state index contributed by atoms with van der Waals surface area (Å²) >= 11 is 6.21. The van der Waals surface area contributed by atoms with Crippen LogP contribution in [0.1, 0.15) is 37.3 Å². The highest BCUT2D eigenvalue weighted by atomic mass is 35.5. The number of halogens is 1. The lowest BCUT2D eigenvalue weighted by molar-refractivity contribution is 0.222. The fourth-order valence-electron chi connectivity index (χ4n) is 4.32. The first kappa shape index (κ1) is 20.6. The van der Waals surface area contributed by atoms with Crippen LogP contribution in [0.25, 0.3) is 11.3 Å². The number of methoxy groups -OCH3 is 1. The van der Waals surface area contributed by atoms with Crippen molar-refractivity contribution in [2.75, 3.05) is 13.7 Å². The van der Waals surface area contributed by atoms with E-state index in [-0.39, 0.29) is 17.0 Å². The number of pyridine rings is 1. The van der Waals surface area contributed by atoms with Gasteiger partial charge in [0.15, 0.2) is 0 Å². The summed E-state index contributed by atoms with van der Waals surface area (Å²) in [6.07, 6.45) is 5.14. The third-order valence-corrected chi connectivity index (χ3v) is 6.39. The summed E-state index contributed by atoms with van der Waals surface area (Å²) in [6, 6.07) is 15.0. The number of nitrogens with zero attached hydrogens (tertiary/aromatic N) is 3. The van der Waals surface area contributed by atoms with Gasteiger partial charge in [-0.25, -0.2) is 9.67 Å². The van der Waals surface area contributed by atoms with Gasteiger partial charge in [0.25, 0.3) is 5.56 Å². The first-order chi connectivity index (χ1) is 14.5. The van der Waals surface area contributed by atoms with E-state index in [1.165, 1.54) is 5.56 Å². The number of hydrogen-bond donors (Lipinski definition) is 1. The molecule has 0 saturated heterocycles. The Labute approximate surface area is 180 Å². The minimum atomic E-state index is -0.109. The van der Waals surface area contributed by atoms with Crippen LogP contribution >= 0.6 is 11.6 Å². The van der Waals surface area contributed by atoms with Gasteiger partial charge in [-0.15, -0.1) is 0 Å².